The second-order valence-corrected chi connectivity index (χ2v) is 4.71. The van der Waals surface area contributed by atoms with Crippen molar-refractivity contribution >= 4 is 27.9 Å². The third-order valence-electron chi connectivity index (χ3n) is 2.22. The molecule has 2 nitrogen and oxygen atoms in total. The van der Waals surface area contributed by atoms with Gasteiger partial charge in [0.05, 0.1) is 12.2 Å². The van der Waals surface area contributed by atoms with E-state index in [-0.39, 0.29) is 16.5 Å². The molecular weight excluding hydrogens is 208 g/mol. The summed E-state index contributed by atoms with van der Waals surface area (Å²) in [4.78, 5) is 12.8. The molecule has 1 aromatic rings. The highest BCUT2D eigenvalue weighted by molar-refractivity contribution is 8.17. The van der Waals surface area contributed by atoms with Crippen LogP contribution in [-0.2, 0) is 9.53 Å². The van der Waals surface area contributed by atoms with Gasteiger partial charge in [-0.25, -0.2) is 4.79 Å². The predicted molar refractivity (Wildman–Crippen MR) is 64.0 cm³/mol. The fourth-order valence-corrected chi connectivity index (χ4v) is 2.90. The van der Waals surface area contributed by atoms with Crippen molar-refractivity contribution in [3.05, 3.63) is 35.2 Å². The first kappa shape index (κ1) is 10.2. The zero-order chi connectivity index (χ0) is 10.8. The Morgan fingerprint density at radius 1 is 1.47 bits per heavy atom. The first-order chi connectivity index (χ1) is 7.24. The molecule has 1 aliphatic heterocycles. The number of hydrogen-bond donors (Lipinski definition) is 0. The average molecular weight is 220 g/mol. The van der Waals surface area contributed by atoms with Crippen LogP contribution in [0.15, 0.2) is 34.6 Å². The predicted octanol–water partition coefficient (Wildman–Crippen LogP) is 2.66. The fraction of sp³-hybridized carbons (Fsp3) is 0.167. The van der Waals surface area contributed by atoms with Crippen molar-refractivity contribution < 1.29 is 9.53 Å². The van der Waals surface area contributed by atoms with Crippen LogP contribution in [0.3, 0.4) is 0 Å². The number of ether oxygens (including phenoxy) is 1. The van der Waals surface area contributed by atoms with E-state index in [1.165, 1.54) is 0 Å². The first-order valence-electron chi connectivity index (χ1n) is 4.75. The molecule has 0 N–H and O–H groups in total. The molecule has 0 spiro atoms. The molecule has 1 atom stereocenters. The number of benzene rings is 1. The lowest BCUT2D eigenvalue weighted by Gasteiger charge is -2.03. The van der Waals surface area contributed by atoms with Gasteiger partial charge in [0.15, 0.2) is 0 Å². The number of esters is 1. The van der Waals surface area contributed by atoms with Gasteiger partial charge in [0.2, 0.25) is 0 Å². The van der Waals surface area contributed by atoms with Crippen LogP contribution in [-0.4, -0.2) is 18.4 Å². The van der Waals surface area contributed by atoms with Crippen LogP contribution < -0.4 is 0 Å². The van der Waals surface area contributed by atoms with Gasteiger partial charge in [0, 0.05) is 10.5 Å². The summed E-state index contributed by atoms with van der Waals surface area (Å²) in [5.74, 6) is 3.77. The van der Waals surface area contributed by atoms with Gasteiger partial charge in [0.1, 0.15) is 0 Å². The molecule has 0 bridgehead atoms. The Morgan fingerprint density at radius 2 is 2.20 bits per heavy atom. The Labute approximate surface area is 91.5 Å². The molecule has 2 rings (SSSR count). The van der Waals surface area contributed by atoms with E-state index in [4.69, 9.17) is 4.74 Å². The molecule has 3 heteroatoms. The van der Waals surface area contributed by atoms with Crippen LogP contribution in [0.4, 0.5) is 0 Å². The van der Waals surface area contributed by atoms with E-state index in [9.17, 15) is 4.79 Å². The SMILES string of the molecule is C=S1C=C(C(=O)OCC)c2ccccc21. The average Bonchev–Trinajstić information content (AvgIpc) is 2.58. The van der Waals surface area contributed by atoms with Gasteiger partial charge in [-0.3, -0.25) is 0 Å². The Kier molecular flexibility index (Phi) is 2.73. The monoisotopic (exact) mass is 220 g/mol. The van der Waals surface area contributed by atoms with E-state index in [1.807, 2.05) is 36.6 Å². The number of carbonyl (C=O) groups is 1. The second-order valence-electron chi connectivity index (χ2n) is 3.18. The normalized spacial score (nSPS) is 18.2. The Morgan fingerprint density at radius 3 is 2.93 bits per heavy atom. The van der Waals surface area contributed by atoms with Crippen molar-refractivity contribution in [1.82, 2.24) is 0 Å². The van der Waals surface area contributed by atoms with Crippen LogP contribution in [0.25, 0.3) is 5.57 Å². The van der Waals surface area contributed by atoms with E-state index < -0.39 is 0 Å². The number of carbonyl (C=O) groups excluding carboxylic acids is 1. The molecule has 1 unspecified atom stereocenters. The maximum atomic E-state index is 11.6. The van der Waals surface area contributed by atoms with Gasteiger partial charge < -0.3 is 4.74 Å². The smallest absolute Gasteiger partial charge is 0.339 e. The molecule has 0 fully saturated rings. The summed E-state index contributed by atoms with van der Waals surface area (Å²) in [6.07, 6.45) is 0. The molecule has 0 aliphatic carbocycles. The highest BCUT2D eigenvalue weighted by atomic mass is 32.2. The summed E-state index contributed by atoms with van der Waals surface area (Å²) in [7, 11) is -0.215. The lowest BCUT2D eigenvalue weighted by molar-refractivity contribution is -0.136. The molecular formula is C12H12O2S. The second kappa shape index (κ2) is 4.03. The molecule has 0 radical (unpaired) electrons. The van der Waals surface area contributed by atoms with E-state index in [0.29, 0.717) is 12.2 Å². The Hall–Kier alpha value is -1.35. The van der Waals surface area contributed by atoms with Gasteiger partial charge in [-0.15, -0.1) is 10.5 Å². The van der Waals surface area contributed by atoms with Crippen molar-refractivity contribution in [2.75, 3.05) is 6.61 Å². The minimum absolute atomic E-state index is 0.215. The van der Waals surface area contributed by atoms with Crippen LogP contribution in [0, 0.1) is 0 Å². The van der Waals surface area contributed by atoms with Gasteiger partial charge in [-0.05, 0) is 18.4 Å². The third-order valence-corrected chi connectivity index (χ3v) is 3.66. The molecule has 1 aromatic carbocycles. The third kappa shape index (κ3) is 1.75. The molecule has 0 saturated heterocycles. The summed E-state index contributed by atoms with van der Waals surface area (Å²) < 4.78 is 5.00. The molecule has 1 heterocycles. The zero-order valence-corrected chi connectivity index (χ0v) is 9.34. The maximum Gasteiger partial charge on any atom is 0.339 e. The lowest BCUT2D eigenvalue weighted by atomic mass is 10.1. The standard InChI is InChI=1S/C12H12O2S/c1-3-14-12(13)10-8-15(2)11-7-5-4-6-9(10)11/h4-8H,2-3H2,1H3. The Bertz CT molecular complexity index is 460. The largest absolute Gasteiger partial charge is 0.462 e. The summed E-state index contributed by atoms with van der Waals surface area (Å²) >= 11 is 0. The molecule has 0 saturated carbocycles. The summed E-state index contributed by atoms with van der Waals surface area (Å²) in [5, 5.41) is 1.89. The van der Waals surface area contributed by atoms with E-state index in [0.717, 1.165) is 10.5 Å². The van der Waals surface area contributed by atoms with Crippen LogP contribution in [0.2, 0.25) is 0 Å². The van der Waals surface area contributed by atoms with Crippen molar-refractivity contribution in [2.45, 2.75) is 11.8 Å². The highest BCUT2D eigenvalue weighted by Gasteiger charge is 2.22. The van der Waals surface area contributed by atoms with Gasteiger partial charge in [-0.2, -0.15) is 0 Å². The van der Waals surface area contributed by atoms with E-state index in [2.05, 4.69) is 5.87 Å². The summed E-state index contributed by atoms with van der Waals surface area (Å²) in [6, 6.07) is 7.84. The zero-order valence-electron chi connectivity index (χ0n) is 8.53. The van der Waals surface area contributed by atoms with Crippen LogP contribution >= 0.6 is 10.5 Å². The van der Waals surface area contributed by atoms with Crippen molar-refractivity contribution in [3.8, 4) is 0 Å². The van der Waals surface area contributed by atoms with Gasteiger partial charge >= 0.3 is 5.97 Å². The summed E-state index contributed by atoms with van der Waals surface area (Å²) in [6.45, 7) is 2.21. The molecule has 15 heavy (non-hydrogen) atoms. The molecule has 78 valence electrons. The maximum absolute atomic E-state index is 11.6. The lowest BCUT2D eigenvalue weighted by Crippen LogP contribution is -2.05. The van der Waals surface area contributed by atoms with Crippen LogP contribution in [0.1, 0.15) is 12.5 Å². The van der Waals surface area contributed by atoms with Crippen molar-refractivity contribution in [1.29, 1.82) is 0 Å². The highest BCUT2D eigenvalue weighted by Crippen LogP contribution is 2.42. The van der Waals surface area contributed by atoms with Gasteiger partial charge in [0.25, 0.3) is 0 Å². The number of fused-ring (bicyclic) bond motifs is 1. The number of hydrogen-bond acceptors (Lipinski definition) is 2. The summed E-state index contributed by atoms with van der Waals surface area (Å²) in [5.41, 5.74) is 1.63. The molecule has 1 aliphatic rings. The van der Waals surface area contributed by atoms with Crippen molar-refractivity contribution in [2.24, 2.45) is 0 Å². The quantitative estimate of drug-likeness (QED) is 0.566. The number of rotatable bonds is 2. The van der Waals surface area contributed by atoms with Gasteiger partial charge in [-0.1, -0.05) is 24.1 Å². The minimum Gasteiger partial charge on any atom is -0.462 e. The molecule has 0 amide bonds. The minimum atomic E-state index is -0.247. The fourth-order valence-electron chi connectivity index (χ4n) is 1.55. The molecule has 0 aromatic heterocycles. The van der Waals surface area contributed by atoms with E-state index in [1.54, 1.807) is 0 Å². The first-order valence-corrected chi connectivity index (χ1v) is 6.21. The van der Waals surface area contributed by atoms with Crippen molar-refractivity contribution in [3.63, 3.8) is 0 Å². The van der Waals surface area contributed by atoms with Crippen LogP contribution in [0.5, 0.6) is 0 Å². The van der Waals surface area contributed by atoms with E-state index >= 15 is 0 Å². The topological polar surface area (TPSA) is 26.3 Å². The Balaban J connectivity index is 2.41.